The third-order valence-corrected chi connectivity index (χ3v) is 5.43. The van der Waals surface area contributed by atoms with E-state index in [4.69, 9.17) is 10.5 Å². The molecule has 1 aromatic carbocycles. The minimum atomic E-state index is -0.107. The van der Waals surface area contributed by atoms with Crippen LogP contribution in [0, 0.1) is 6.92 Å². The molecule has 1 aliphatic heterocycles. The second kappa shape index (κ2) is 8.23. The first-order valence-electron chi connectivity index (χ1n) is 10.1. The van der Waals surface area contributed by atoms with E-state index >= 15 is 0 Å². The van der Waals surface area contributed by atoms with Crippen LogP contribution in [0.4, 0.5) is 5.82 Å². The monoisotopic (exact) mass is 406 g/mol. The van der Waals surface area contributed by atoms with Gasteiger partial charge in [0.15, 0.2) is 0 Å². The number of nitrogens with two attached hydrogens (primary N) is 1. The largest absolute Gasteiger partial charge is 0.383 e. The van der Waals surface area contributed by atoms with Gasteiger partial charge in [0.25, 0.3) is 0 Å². The van der Waals surface area contributed by atoms with Crippen molar-refractivity contribution in [1.82, 2.24) is 24.9 Å². The van der Waals surface area contributed by atoms with Crippen molar-refractivity contribution in [3.63, 3.8) is 0 Å². The number of nitrogen functional groups attached to an aromatic ring is 1. The van der Waals surface area contributed by atoms with E-state index in [0.29, 0.717) is 31.2 Å². The number of hydrogen-bond donors (Lipinski definition) is 1. The van der Waals surface area contributed by atoms with Gasteiger partial charge < -0.3 is 15.4 Å². The van der Waals surface area contributed by atoms with Crippen molar-refractivity contribution in [2.75, 3.05) is 25.4 Å². The van der Waals surface area contributed by atoms with Gasteiger partial charge in [0.2, 0.25) is 6.41 Å². The lowest BCUT2D eigenvalue weighted by Gasteiger charge is -2.31. The molecule has 1 aliphatic rings. The van der Waals surface area contributed by atoms with Crippen LogP contribution in [0.3, 0.4) is 0 Å². The van der Waals surface area contributed by atoms with Crippen molar-refractivity contribution in [2.45, 2.75) is 32.9 Å². The van der Waals surface area contributed by atoms with Crippen LogP contribution >= 0.6 is 0 Å². The van der Waals surface area contributed by atoms with Crippen LogP contribution in [0.15, 0.2) is 36.7 Å². The molecule has 0 radical (unpaired) electrons. The fraction of sp³-hybridized carbons (Fsp3) is 0.364. The van der Waals surface area contributed by atoms with Crippen LogP contribution in [0.25, 0.3) is 22.4 Å². The van der Waals surface area contributed by atoms with Gasteiger partial charge in [-0.1, -0.05) is 23.4 Å². The smallest absolute Gasteiger partial charge is 0.209 e. The molecule has 156 valence electrons. The molecule has 1 saturated heterocycles. The maximum Gasteiger partial charge on any atom is 0.209 e. The van der Waals surface area contributed by atoms with Crippen molar-refractivity contribution in [1.29, 1.82) is 0 Å². The lowest BCUT2D eigenvalue weighted by atomic mass is 9.96. The summed E-state index contributed by atoms with van der Waals surface area (Å²) in [6.07, 6.45) is 4.43. The molecule has 1 fully saturated rings. The number of amides is 1. The first kappa shape index (κ1) is 20.0. The molecule has 0 spiro atoms. The molecule has 30 heavy (non-hydrogen) atoms. The van der Waals surface area contributed by atoms with Crippen LogP contribution in [-0.2, 0) is 9.53 Å². The van der Waals surface area contributed by atoms with Crippen LogP contribution in [-0.4, -0.2) is 51.0 Å². The van der Waals surface area contributed by atoms with Crippen molar-refractivity contribution in [3.05, 3.63) is 47.8 Å². The number of carbonyl (C=O) groups is 1. The molecule has 2 aromatic heterocycles. The highest BCUT2D eigenvalue weighted by molar-refractivity contribution is 5.77. The Morgan fingerprint density at radius 3 is 2.80 bits per heavy atom. The number of carbonyl (C=O) groups excluding carboxylic acids is 1. The Kier molecular flexibility index (Phi) is 5.50. The zero-order valence-electron chi connectivity index (χ0n) is 17.4. The summed E-state index contributed by atoms with van der Waals surface area (Å²) in [6.45, 7) is 7.91. The molecule has 3 aromatic rings. The number of aromatic nitrogens is 4. The predicted molar refractivity (Wildman–Crippen MR) is 115 cm³/mol. The standard InChI is InChI=1S/C22H26N6O2/c1-14(2)28-11-20(25-26-28)19-9-17(10-24-22(19)23)16-4-5-18(15(3)8-16)21-12-27(13-29)6-7-30-21/h4-5,8-11,13-14,21H,6-7,12H2,1-3H3,(H2,23,24). The number of hydrogen-bond acceptors (Lipinski definition) is 6. The molecule has 8 heteroatoms. The second-order valence-electron chi connectivity index (χ2n) is 7.87. The van der Waals surface area contributed by atoms with E-state index in [-0.39, 0.29) is 12.1 Å². The van der Waals surface area contributed by atoms with E-state index in [2.05, 4.69) is 34.4 Å². The van der Waals surface area contributed by atoms with Crippen molar-refractivity contribution >= 4 is 12.2 Å². The zero-order chi connectivity index (χ0) is 21.3. The van der Waals surface area contributed by atoms with Crippen LogP contribution in [0.2, 0.25) is 0 Å². The summed E-state index contributed by atoms with van der Waals surface area (Å²) < 4.78 is 7.69. The van der Waals surface area contributed by atoms with Gasteiger partial charge in [-0.05, 0) is 43.5 Å². The minimum absolute atomic E-state index is 0.107. The summed E-state index contributed by atoms with van der Waals surface area (Å²) in [4.78, 5) is 17.2. The highest BCUT2D eigenvalue weighted by atomic mass is 16.5. The molecule has 1 amide bonds. The Morgan fingerprint density at radius 2 is 2.10 bits per heavy atom. The number of anilines is 1. The molecule has 8 nitrogen and oxygen atoms in total. The van der Waals surface area contributed by atoms with E-state index in [9.17, 15) is 4.79 Å². The van der Waals surface area contributed by atoms with Crippen LogP contribution in [0.1, 0.15) is 37.1 Å². The summed E-state index contributed by atoms with van der Waals surface area (Å²) >= 11 is 0. The third kappa shape index (κ3) is 3.91. The Hall–Kier alpha value is -3.26. The first-order valence-corrected chi connectivity index (χ1v) is 10.1. The molecule has 0 aliphatic carbocycles. The molecular weight excluding hydrogens is 380 g/mol. The lowest BCUT2D eigenvalue weighted by molar-refractivity contribution is -0.125. The van der Waals surface area contributed by atoms with Gasteiger partial charge in [0, 0.05) is 29.9 Å². The van der Waals surface area contributed by atoms with Gasteiger partial charge in [-0.3, -0.25) is 4.79 Å². The molecule has 1 unspecified atom stereocenters. The van der Waals surface area contributed by atoms with Gasteiger partial charge in [-0.15, -0.1) is 5.10 Å². The van der Waals surface area contributed by atoms with Crippen molar-refractivity contribution in [3.8, 4) is 22.4 Å². The normalized spacial score (nSPS) is 16.8. The SMILES string of the molecule is Cc1cc(-c2cnc(N)c(-c3cn(C(C)C)nn3)c2)ccc1C1CN(C=O)CCO1. The van der Waals surface area contributed by atoms with Crippen molar-refractivity contribution in [2.24, 2.45) is 0 Å². The Bertz CT molecular complexity index is 1060. The number of ether oxygens (including phenoxy) is 1. The van der Waals surface area contributed by atoms with Gasteiger partial charge >= 0.3 is 0 Å². The van der Waals surface area contributed by atoms with Gasteiger partial charge in [0.1, 0.15) is 17.6 Å². The Balaban J connectivity index is 1.64. The summed E-state index contributed by atoms with van der Waals surface area (Å²) in [7, 11) is 0. The minimum Gasteiger partial charge on any atom is -0.383 e. The van der Waals surface area contributed by atoms with E-state index in [1.165, 1.54) is 0 Å². The molecular formula is C22H26N6O2. The summed E-state index contributed by atoms with van der Waals surface area (Å²) in [5.41, 5.74) is 11.8. The summed E-state index contributed by atoms with van der Waals surface area (Å²) in [5, 5.41) is 8.42. The van der Waals surface area contributed by atoms with E-state index in [1.807, 2.05) is 32.2 Å². The quantitative estimate of drug-likeness (QED) is 0.654. The average molecular weight is 406 g/mol. The zero-order valence-corrected chi connectivity index (χ0v) is 17.4. The van der Waals surface area contributed by atoms with Gasteiger partial charge in [-0.2, -0.15) is 0 Å². The molecule has 0 bridgehead atoms. The topological polar surface area (TPSA) is 99.2 Å². The van der Waals surface area contributed by atoms with Gasteiger partial charge in [0.05, 0.1) is 19.3 Å². The van der Waals surface area contributed by atoms with Crippen LogP contribution < -0.4 is 5.73 Å². The fourth-order valence-electron chi connectivity index (χ4n) is 3.66. The predicted octanol–water partition coefficient (Wildman–Crippen LogP) is 3.01. The maximum atomic E-state index is 11.1. The number of rotatable bonds is 5. The maximum absolute atomic E-state index is 11.1. The average Bonchev–Trinajstić information content (AvgIpc) is 3.24. The molecule has 2 N–H and O–H groups in total. The lowest BCUT2D eigenvalue weighted by Crippen LogP contribution is -2.37. The molecule has 0 saturated carbocycles. The number of pyridine rings is 1. The summed E-state index contributed by atoms with van der Waals surface area (Å²) in [5.74, 6) is 0.424. The fourth-order valence-corrected chi connectivity index (χ4v) is 3.66. The van der Waals surface area contributed by atoms with Crippen LogP contribution in [0.5, 0.6) is 0 Å². The van der Waals surface area contributed by atoms with E-state index in [1.54, 1.807) is 15.8 Å². The highest BCUT2D eigenvalue weighted by Gasteiger charge is 2.22. The highest BCUT2D eigenvalue weighted by Crippen LogP contribution is 2.32. The number of morpholine rings is 1. The van der Waals surface area contributed by atoms with E-state index < -0.39 is 0 Å². The number of nitrogens with zero attached hydrogens (tertiary/aromatic N) is 5. The Labute approximate surface area is 175 Å². The first-order chi connectivity index (χ1) is 14.5. The Morgan fingerprint density at radius 1 is 1.27 bits per heavy atom. The van der Waals surface area contributed by atoms with Crippen molar-refractivity contribution < 1.29 is 9.53 Å². The summed E-state index contributed by atoms with van der Waals surface area (Å²) in [6, 6.07) is 8.44. The second-order valence-corrected chi connectivity index (χ2v) is 7.87. The molecule has 3 heterocycles. The number of benzene rings is 1. The van der Waals surface area contributed by atoms with Gasteiger partial charge in [-0.25, -0.2) is 9.67 Å². The number of aryl methyl sites for hydroxylation is 1. The molecule has 1 atom stereocenters. The third-order valence-electron chi connectivity index (χ3n) is 5.43. The molecule has 4 rings (SSSR count). The van der Waals surface area contributed by atoms with E-state index in [0.717, 1.165) is 34.2 Å².